The molecular formula is C16H17N5O2. The summed E-state index contributed by atoms with van der Waals surface area (Å²) in [5, 5.41) is 13.3. The van der Waals surface area contributed by atoms with Crippen LogP contribution in [0.25, 0.3) is 22.9 Å². The molecule has 7 nitrogen and oxygen atoms in total. The third-order valence-corrected chi connectivity index (χ3v) is 3.22. The highest BCUT2D eigenvalue weighted by Gasteiger charge is 2.14. The van der Waals surface area contributed by atoms with Crippen LogP contribution in [-0.4, -0.2) is 43.1 Å². The van der Waals surface area contributed by atoms with Gasteiger partial charge in [-0.15, -0.1) is 5.10 Å². The second-order valence-corrected chi connectivity index (χ2v) is 4.98. The molecule has 0 aliphatic carbocycles. The topological polar surface area (TPSA) is 86.0 Å². The summed E-state index contributed by atoms with van der Waals surface area (Å²) in [6.07, 6.45) is 4.82. The van der Waals surface area contributed by atoms with Crippen molar-refractivity contribution in [3.05, 3.63) is 48.4 Å². The van der Waals surface area contributed by atoms with E-state index in [1.807, 2.05) is 31.2 Å². The molecule has 2 aromatic heterocycles. The standard InChI is InChI=1S/C16H17N5O2/c1-12-2-4-13(5-3-12)16-19-15(14-10-17-6-7-18-14)20-21(16)11-23-9-8-22/h2-7,10,22H,8-9,11H2,1H3. The van der Waals surface area contributed by atoms with Crippen LogP contribution in [0.1, 0.15) is 5.56 Å². The van der Waals surface area contributed by atoms with Gasteiger partial charge in [0.2, 0.25) is 5.82 Å². The molecular weight excluding hydrogens is 294 g/mol. The smallest absolute Gasteiger partial charge is 0.202 e. The second kappa shape index (κ2) is 7.08. The monoisotopic (exact) mass is 311 g/mol. The average Bonchev–Trinajstić information content (AvgIpc) is 3.01. The SMILES string of the molecule is Cc1ccc(-c2nc(-c3cnccn3)nn2COCCO)cc1. The predicted octanol–water partition coefficient (Wildman–Crippen LogP) is 1.68. The van der Waals surface area contributed by atoms with Crippen molar-refractivity contribution in [1.29, 1.82) is 0 Å². The van der Waals surface area contributed by atoms with Gasteiger partial charge in [0.25, 0.3) is 0 Å². The van der Waals surface area contributed by atoms with Gasteiger partial charge in [0, 0.05) is 18.0 Å². The second-order valence-electron chi connectivity index (χ2n) is 4.98. The zero-order chi connectivity index (χ0) is 16.1. The number of rotatable bonds is 6. The average molecular weight is 311 g/mol. The van der Waals surface area contributed by atoms with Gasteiger partial charge >= 0.3 is 0 Å². The molecule has 3 rings (SSSR count). The van der Waals surface area contributed by atoms with Crippen LogP contribution < -0.4 is 0 Å². The highest BCUT2D eigenvalue weighted by atomic mass is 16.5. The van der Waals surface area contributed by atoms with Crippen molar-refractivity contribution in [3.63, 3.8) is 0 Å². The summed E-state index contributed by atoms with van der Waals surface area (Å²) in [4.78, 5) is 12.8. The molecule has 1 N–H and O–H groups in total. The highest BCUT2D eigenvalue weighted by Crippen LogP contribution is 2.21. The largest absolute Gasteiger partial charge is 0.394 e. The minimum absolute atomic E-state index is 0.0361. The normalized spacial score (nSPS) is 10.9. The van der Waals surface area contributed by atoms with Crippen molar-refractivity contribution in [2.75, 3.05) is 13.2 Å². The summed E-state index contributed by atoms with van der Waals surface area (Å²) in [6.45, 7) is 2.44. The lowest BCUT2D eigenvalue weighted by molar-refractivity contribution is 0.0428. The van der Waals surface area contributed by atoms with Crippen molar-refractivity contribution in [2.24, 2.45) is 0 Å². The van der Waals surface area contributed by atoms with Crippen molar-refractivity contribution < 1.29 is 9.84 Å². The Bertz CT molecular complexity index is 756. The predicted molar refractivity (Wildman–Crippen MR) is 84.3 cm³/mol. The summed E-state index contributed by atoms with van der Waals surface area (Å²) < 4.78 is 7.04. The molecule has 23 heavy (non-hydrogen) atoms. The van der Waals surface area contributed by atoms with Gasteiger partial charge in [0.1, 0.15) is 12.4 Å². The first-order valence-electron chi connectivity index (χ1n) is 7.25. The van der Waals surface area contributed by atoms with E-state index in [2.05, 4.69) is 20.1 Å². The first-order chi connectivity index (χ1) is 11.3. The molecule has 3 aromatic rings. The van der Waals surface area contributed by atoms with Gasteiger partial charge in [-0.25, -0.2) is 14.6 Å². The van der Waals surface area contributed by atoms with Crippen LogP contribution in [0.4, 0.5) is 0 Å². The molecule has 0 aliphatic heterocycles. The Hall–Kier alpha value is -2.64. The molecule has 0 saturated heterocycles. The Balaban J connectivity index is 1.98. The van der Waals surface area contributed by atoms with Gasteiger partial charge in [-0.05, 0) is 6.92 Å². The van der Waals surface area contributed by atoms with Crippen LogP contribution >= 0.6 is 0 Å². The number of aromatic nitrogens is 5. The van der Waals surface area contributed by atoms with Gasteiger partial charge in [0.15, 0.2) is 5.82 Å². The maximum absolute atomic E-state index is 8.86. The van der Waals surface area contributed by atoms with Crippen LogP contribution in [0.15, 0.2) is 42.9 Å². The zero-order valence-corrected chi connectivity index (χ0v) is 12.8. The molecule has 1 aromatic carbocycles. The quantitative estimate of drug-likeness (QED) is 0.697. The fourth-order valence-corrected chi connectivity index (χ4v) is 2.09. The van der Waals surface area contributed by atoms with Crippen molar-refractivity contribution in [2.45, 2.75) is 13.7 Å². The number of hydrogen-bond acceptors (Lipinski definition) is 6. The summed E-state index contributed by atoms with van der Waals surface area (Å²) in [6, 6.07) is 8.01. The molecule has 0 amide bonds. The molecule has 0 bridgehead atoms. The molecule has 0 fully saturated rings. The van der Waals surface area contributed by atoms with Gasteiger partial charge < -0.3 is 9.84 Å². The van der Waals surface area contributed by atoms with E-state index < -0.39 is 0 Å². The molecule has 118 valence electrons. The molecule has 7 heteroatoms. The number of hydrogen-bond donors (Lipinski definition) is 1. The Morgan fingerprint density at radius 1 is 1.17 bits per heavy atom. The van der Waals surface area contributed by atoms with Gasteiger partial charge in [-0.2, -0.15) is 0 Å². The van der Waals surface area contributed by atoms with E-state index in [0.717, 1.165) is 5.56 Å². The fraction of sp³-hybridized carbons (Fsp3) is 0.250. The zero-order valence-electron chi connectivity index (χ0n) is 12.8. The third kappa shape index (κ3) is 3.58. The van der Waals surface area contributed by atoms with Crippen LogP contribution in [-0.2, 0) is 11.5 Å². The summed E-state index contributed by atoms with van der Waals surface area (Å²) in [5.41, 5.74) is 2.71. The first-order valence-corrected chi connectivity index (χ1v) is 7.25. The van der Waals surface area contributed by atoms with Gasteiger partial charge in [0.05, 0.1) is 19.4 Å². The van der Waals surface area contributed by atoms with E-state index in [4.69, 9.17) is 9.84 Å². The maximum Gasteiger partial charge on any atom is 0.202 e. The van der Waals surface area contributed by atoms with Crippen LogP contribution in [0, 0.1) is 6.92 Å². The third-order valence-electron chi connectivity index (χ3n) is 3.22. The lowest BCUT2D eigenvalue weighted by atomic mass is 10.1. The van der Waals surface area contributed by atoms with Gasteiger partial charge in [-0.1, -0.05) is 29.8 Å². The lowest BCUT2D eigenvalue weighted by Gasteiger charge is -2.06. The molecule has 0 unspecified atom stereocenters. The maximum atomic E-state index is 8.86. The van der Waals surface area contributed by atoms with E-state index in [0.29, 0.717) is 17.3 Å². The molecule has 0 radical (unpaired) electrons. The van der Waals surface area contributed by atoms with E-state index in [1.165, 1.54) is 5.56 Å². The summed E-state index contributed by atoms with van der Waals surface area (Å²) in [7, 11) is 0. The fourth-order valence-electron chi connectivity index (χ4n) is 2.09. The van der Waals surface area contributed by atoms with E-state index in [-0.39, 0.29) is 19.9 Å². The minimum atomic E-state index is -0.0361. The van der Waals surface area contributed by atoms with Crippen molar-refractivity contribution in [3.8, 4) is 22.9 Å². The van der Waals surface area contributed by atoms with Crippen LogP contribution in [0.2, 0.25) is 0 Å². The van der Waals surface area contributed by atoms with E-state index in [1.54, 1.807) is 23.3 Å². The summed E-state index contributed by atoms with van der Waals surface area (Å²) >= 11 is 0. The summed E-state index contributed by atoms with van der Waals surface area (Å²) in [5.74, 6) is 1.17. The first kappa shape index (κ1) is 15.3. The minimum Gasteiger partial charge on any atom is -0.394 e. The number of aliphatic hydroxyl groups excluding tert-OH is 1. The molecule has 2 heterocycles. The number of aryl methyl sites for hydroxylation is 1. The van der Waals surface area contributed by atoms with Gasteiger partial charge in [-0.3, -0.25) is 4.98 Å². The number of aliphatic hydroxyl groups is 1. The molecule has 0 atom stereocenters. The Morgan fingerprint density at radius 2 is 2.00 bits per heavy atom. The number of ether oxygens (including phenoxy) is 1. The van der Waals surface area contributed by atoms with E-state index in [9.17, 15) is 0 Å². The number of nitrogens with zero attached hydrogens (tertiary/aromatic N) is 5. The van der Waals surface area contributed by atoms with Crippen molar-refractivity contribution in [1.82, 2.24) is 24.7 Å². The lowest BCUT2D eigenvalue weighted by Crippen LogP contribution is -2.09. The molecule has 0 aliphatic rings. The Kier molecular flexibility index (Phi) is 4.70. The highest BCUT2D eigenvalue weighted by molar-refractivity contribution is 5.59. The Labute approximate surface area is 133 Å². The van der Waals surface area contributed by atoms with Crippen LogP contribution in [0.3, 0.4) is 0 Å². The number of benzene rings is 1. The Morgan fingerprint density at radius 3 is 2.70 bits per heavy atom. The van der Waals surface area contributed by atoms with Crippen molar-refractivity contribution >= 4 is 0 Å². The molecule has 0 saturated carbocycles. The molecule has 0 spiro atoms. The van der Waals surface area contributed by atoms with E-state index >= 15 is 0 Å². The van der Waals surface area contributed by atoms with Crippen LogP contribution in [0.5, 0.6) is 0 Å².